The van der Waals surface area contributed by atoms with Crippen molar-refractivity contribution in [2.75, 3.05) is 37.6 Å². The van der Waals surface area contributed by atoms with Gasteiger partial charge in [0.05, 0.1) is 11.3 Å². The van der Waals surface area contributed by atoms with Crippen molar-refractivity contribution in [3.8, 4) is 0 Å². The fourth-order valence-corrected chi connectivity index (χ4v) is 2.21. The third kappa shape index (κ3) is 3.41. The van der Waals surface area contributed by atoms with Gasteiger partial charge in [-0.1, -0.05) is 0 Å². The number of aliphatic carboxylic acids is 1. The highest BCUT2D eigenvalue weighted by Crippen LogP contribution is 2.25. The molecule has 0 unspecified atom stereocenters. The van der Waals surface area contributed by atoms with Gasteiger partial charge in [-0.25, -0.2) is 4.98 Å². The molecule has 0 amide bonds. The fraction of sp³-hybridized carbons (Fsp3) is 0.500. The van der Waals surface area contributed by atoms with E-state index in [1.54, 1.807) is 12.3 Å². The molecule has 0 bridgehead atoms. The summed E-state index contributed by atoms with van der Waals surface area (Å²) in [6.07, 6.45) is 1.66. The third-order valence-corrected chi connectivity index (χ3v) is 3.28. The highest BCUT2D eigenvalue weighted by Gasteiger charge is 2.24. The Bertz CT molecular complexity index is 500. The summed E-state index contributed by atoms with van der Waals surface area (Å²) in [6.45, 7) is 3.09. The van der Waals surface area contributed by atoms with Crippen molar-refractivity contribution in [1.29, 1.82) is 0 Å². The van der Waals surface area contributed by atoms with Crippen LogP contribution in [0.3, 0.4) is 0 Å². The smallest absolute Gasteiger partial charge is 0.311 e. The van der Waals surface area contributed by atoms with E-state index < -0.39 is 10.9 Å². The molecule has 0 aromatic carbocycles. The molecule has 0 atom stereocenters. The number of hydrogen-bond donors (Lipinski definition) is 1. The number of hydrogen-bond acceptors (Lipinski definition) is 6. The minimum atomic E-state index is -0.812. The second-order valence-corrected chi connectivity index (χ2v) is 4.58. The van der Waals surface area contributed by atoms with Crippen LogP contribution < -0.4 is 4.90 Å². The molecule has 1 saturated heterocycles. The molecule has 0 aliphatic carbocycles. The number of pyridine rings is 1. The van der Waals surface area contributed by atoms with E-state index in [9.17, 15) is 14.9 Å². The molecule has 108 valence electrons. The number of carboxylic acid groups (broad SMARTS) is 1. The maximum absolute atomic E-state index is 11.0. The van der Waals surface area contributed by atoms with Crippen LogP contribution in [0.5, 0.6) is 0 Å². The van der Waals surface area contributed by atoms with E-state index in [1.165, 1.54) is 6.07 Å². The molecule has 2 heterocycles. The SMILES string of the molecule is O=C(O)CCN1CCN(c2ncccc2[N+](=O)[O-])CC1. The monoisotopic (exact) mass is 280 g/mol. The normalized spacial score (nSPS) is 16.1. The summed E-state index contributed by atoms with van der Waals surface area (Å²) in [5.74, 6) is -0.428. The lowest BCUT2D eigenvalue weighted by atomic mass is 10.2. The predicted octanol–water partition coefficient (Wildman–Crippen LogP) is 0.586. The average molecular weight is 280 g/mol. The minimum absolute atomic E-state index is 0.00601. The number of aromatic nitrogens is 1. The lowest BCUT2D eigenvalue weighted by Gasteiger charge is -2.34. The molecule has 20 heavy (non-hydrogen) atoms. The summed E-state index contributed by atoms with van der Waals surface area (Å²) in [4.78, 5) is 29.1. The van der Waals surface area contributed by atoms with E-state index in [0.29, 0.717) is 38.5 Å². The molecular formula is C12H16N4O4. The van der Waals surface area contributed by atoms with Crippen LogP contribution in [0.25, 0.3) is 0 Å². The van der Waals surface area contributed by atoms with E-state index >= 15 is 0 Å². The van der Waals surface area contributed by atoms with Crippen LogP contribution in [-0.2, 0) is 4.79 Å². The lowest BCUT2D eigenvalue weighted by molar-refractivity contribution is -0.384. The molecule has 1 aromatic rings. The first kappa shape index (κ1) is 14.2. The van der Waals surface area contributed by atoms with Gasteiger partial charge in [-0.15, -0.1) is 0 Å². The van der Waals surface area contributed by atoms with E-state index in [0.717, 1.165) is 0 Å². The molecule has 0 saturated carbocycles. The number of piperazine rings is 1. The Morgan fingerprint density at radius 1 is 1.40 bits per heavy atom. The van der Waals surface area contributed by atoms with Crippen LogP contribution in [0.1, 0.15) is 6.42 Å². The molecule has 0 radical (unpaired) electrons. The molecule has 1 fully saturated rings. The first-order valence-corrected chi connectivity index (χ1v) is 6.36. The number of anilines is 1. The van der Waals surface area contributed by atoms with Crippen LogP contribution in [0.2, 0.25) is 0 Å². The van der Waals surface area contributed by atoms with Crippen molar-refractivity contribution < 1.29 is 14.8 Å². The summed E-state index contributed by atoms with van der Waals surface area (Å²) >= 11 is 0. The van der Waals surface area contributed by atoms with Crippen molar-refractivity contribution >= 4 is 17.5 Å². The van der Waals surface area contributed by atoms with Crippen molar-refractivity contribution in [2.24, 2.45) is 0 Å². The Hall–Kier alpha value is -2.22. The standard InChI is InChI=1S/C12H16N4O4/c17-11(18)3-5-14-6-8-15(9-7-14)12-10(16(19)20)2-1-4-13-12/h1-2,4H,3,5-9H2,(H,17,18). The van der Waals surface area contributed by atoms with Gasteiger partial charge in [-0.3, -0.25) is 19.8 Å². The number of rotatable bonds is 5. The van der Waals surface area contributed by atoms with Gasteiger partial charge in [0.1, 0.15) is 0 Å². The van der Waals surface area contributed by atoms with Crippen molar-refractivity contribution in [3.63, 3.8) is 0 Å². The quantitative estimate of drug-likeness (QED) is 0.622. The van der Waals surface area contributed by atoms with Crippen LogP contribution in [0.15, 0.2) is 18.3 Å². The van der Waals surface area contributed by atoms with Crippen molar-refractivity contribution in [2.45, 2.75) is 6.42 Å². The Kier molecular flexibility index (Phi) is 4.46. The van der Waals surface area contributed by atoms with Gasteiger partial charge < -0.3 is 10.0 Å². The molecular weight excluding hydrogens is 264 g/mol. The number of carboxylic acids is 1. The van der Waals surface area contributed by atoms with Crippen molar-refractivity contribution in [1.82, 2.24) is 9.88 Å². The Morgan fingerprint density at radius 2 is 2.10 bits per heavy atom. The van der Waals surface area contributed by atoms with Gasteiger partial charge in [-0.2, -0.15) is 0 Å². The summed E-state index contributed by atoms with van der Waals surface area (Å²) in [5.41, 5.74) is 0.00601. The van der Waals surface area contributed by atoms with Gasteiger partial charge in [-0.05, 0) is 6.07 Å². The first-order valence-electron chi connectivity index (χ1n) is 6.36. The Morgan fingerprint density at radius 3 is 2.70 bits per heavy atom. The largest absolute Gasteiger partial charge is 0.481 e. The molecule has 1 N–H and O–H groups in total. The zero-order valence-electron chi connectivity index (χ0n) is 10.9. The van der Waals surface area contributed by atoms with Crippen LogP contribution in [0.4, 0.5) is 11.5 Å². The molecule has 1 aliphatic heterocycles. The highest BCUT2D eigenvalue weighted by molar-refractivity contribution is 5.66. The van der Waals surface area contributed by atoms with Gasteiger partial charge in [0, 0.05) is 45.0 Å². The van der Waals surface area contributed by atoms with Crippen LogP contribution in [-0.4, -0.2) is 58.6 Å². The lowest BCUT2D eigenvalue weighted by Crippen LogP contribution is -2.47. The van der Waals surface area contributed by atoms with E-state index in [-0.39, 0.29) is 12.1 Å². The minimum Gasteiger partial charge on any atom is -0.481 e. The second kappa shape index (κ2) is 6.29. The van der Waals surface area contributed by atoms with Crippen LogP contribution in [0, 0.1) is 10.1 Å². The second-order valence-electron chi connectivity index (χ2n) is 4.58. The zero-order valence-corrected chi connectivity index (χ0v) is 10.9. The maximum Gasteiger partial charge on any atom is 0.311 e. The molecule has 0 spiro atoms. The fourth-order valence-electron chi connectivity index (χ4n) is 2.21. The summed E-state index contributed by atoms with van der Waals surface area (Å²) in [5, 5.41) is 19.6. The molecule has 8 nitrogen and oxygen atoms in total. The number of nitrogens with zero attached hydrogens (tertiary/aromatic N) is 4. The predicted molar refractivity (Wildman–Crippen MR) is 71.8 cm³/mol. The van der Waals surface area contributed by atoms with E-state index in [4.69, 9.17) is 5.11 Å². The van der Waals surface area contributed by atoms with Crippen molar-refractivity contribution in [3.05, 3.63) is 28.4 Å². The summed E-state index contributed by atoms with van der Waals surface area (Å²) in [6, 6.07) is 2.99. The van der Waals surface area contributed by atoms with Gasteiger partial charge in [0.15, 0.2) is 0 Å². The van der Waals surface area contributed by atoms with Gasteiger partial charge in [0.2, 0.25) is 5.82 Å². The average Bonchev–Trinajstić information content (AvgIpc) is 2.45. The summed E-state index contributed by atoms with van der Waals surface area (Å²) in [7, 11) is 0. The zero-order chi connectivity index (χ0) is 14.5. The third-order valence-electron chi connectivity index (χ3n) is 3.28. The first-order chi connectivity index (χ1) is 9.58. The van der Waals surface area contributed by atoms with Gasteiger partial charge in [0.25, 0.3) is 0 Å². The number of carbonyl (C=O) groups is 1. The Balaban J connectivity index is 1.97. The van der Waals surface area contributed by atoms with E-state index in [2.05, 4.69) is 4.98 Å². The topological polar surface area (TPSA) is 99.8 Å². The summed E-state index contributed by atoms with van der Waals surface area (Å²) < 4.78 is 0. The van der Waals surface area contributed by atoms with Gasteiger partial charge >= 0.3 is 11.7 Å². The number of nitro groups is 1. The molecule has 8 heteroatoms. The van der Waals surface area contributed by atoms with Crippen LogP contribution >= 0.6 is 0 Å². The molecule has 1 aromatic heterocycles. The molecule has 1 aliphatic rings. The molecule has 2 rings (SSSR count). The highest BCUT2D eigenvalue weighted by atomic mass is 16.6. The maximum atomic E-state index is 11.0. The van der Waals surface area contributed by atoms with E-state index in [1.807, 2.05) is 9.80 Å². The Labute approximate surface area is 115 Å².